The van der Waals surface area contributed by atoms with Gasteiger partial charge < -0.3 is 9.84 Å². The van der Waals surface area contributed by atoms with Crippen LogP contribution in [0.1, 0.15) is 16.7 Å². The number of benzene rings is 4. The lowest BCUT2D eigenvalue weighted by molar-refractivity contribution is -0.145. The number of ether oxygens (including phenoxy) is 1. The molecule has 5 heteroatoms. The Kier molecular flexibility index (Phi) is 5.67. The van der Waals surface area contributed by atoms with Gasteiger partial charge in [-0.15, -0.1) is 11.3 Å². The van der Waals surface area contributed by atoms with E-state index in [1.165, 1.54) is 36.9 Å². The van der Waals surface area contributed by atoms with Crippen molar-refractivity contribution in [2.45, 2.75) is 18.9 Å². The zero-order chi connectivity index (χ0) is 23.9. The highest BCUT2D eigenvalue weighted by Crippen LogP contribution is 2.49. The molecule has 1 N–H and O–H groups in total. The van der Waals surface area contributed by atoms with Gasteiger partial charge in [0.25, 0.3) is 0 Å². The van der Waals surface area contributed by atoms with Crippen LogP contribution in [0, 0.1) is 0 Å². The van der Waals surface area contributed by atoms with E-state index in [1.54, 1.807) is 0 Å². The molecule has 0 unspecified atom stereocenters. The predicted molar refractivity (Wildman–Crippen MR) is 147 cm³/mol. The first-order chi connectivity index (χ1) is 17.1. The minimum Gasteiger partial charge on any atom is -0.478 e. The highest BCUT2D eigenvalue weighted by molar-refractivity contribution is 9.10. The van der Waals surface area contributed by atoms with Gasteiger partial charge in [-0.05, 0) is 68.4 Å². The first kappa shape index (κ1) is 22.1. The molecule has 1 aliphatic carbocycles. The monoisotopic (exact) mass is 540 g/mol. The van der Waals surface area contributed by atoms with Crippen LogP contribution in [-0.4, -0.2) is 17.2 Å². The third-order valence-corrected chi connectivity index (χ3v) is 8.75. The largest absolute Gasteiger partial charge is 0.478 e. The third-order valence-electron chi connectivity index (χ3n) is 6.48. The van der Waals surface area contributed by atoms with Crippen LogP contribution in [-0.2, 0) is 17.6 Å². The maximum Gasteiger partial charge on any atom is 0.345 e. The van der Waals surface area contributed by atoms with Gasteiger partial charge >= 0.3 is 5.97 Å². The molecule has 172 valence electrons. The summed E-state index contributed by atoms with van der Waals surface area (Å²) in [5.74, 6) is -0.420. The van der Waals surface area contributed by atoms with Crippen LogP contribution in [0.5, 0.6) is 5.75 Å². The number of halogens is 1. The van der Waals surface area contributed by atoms with Gasteiger partial charge in [0.05, 0.1) is 4.70 Å². The Hall–Kier alpha value is -3.41. The van der Waals surface area contributed by atoms with E-state index in [1.807, 2.05) is 65.9 Å². The minimum atomic E-state index is -0.971. The molecule has 0 spiro atoms. The molecule has 0 saturated heterocycles. The number of hydrogen-bond acceptors (Lipinski definition) is 3. The van der Waals surface area contributed by atoms with E-state index in [9.17, 15) is 9.90 Å². The predicted octanol–water partition coefficient (Wildman–Crippen LogP) is 8.13. The van der Waals surface area contributed by atoms with Crippen LogP contribution in [0.3, 0.4) is 0 Å². The smallest absolute Gasteiger partial charge is 0.345 e. The first-order valence-corrected chi connectivity index (χ1v) is 13.1. The lowest BCUT2D eigenvalue weighted by Gasteiger charge is -2.17. The summed E-state index contributed by atoms with van der Waals surface area (Å²) in [5.41, 5.74) is 5.84. The number of thiophene rings is 1. The standard InChI is InChI=1S/C30H21BrO3S/c31-28-22-11-6-10-21(22)26(27-23-9-4-5-12-25(23)35-29(27)28)19-13-15-20(16-14-19)34-24(30(32)33)17-18-7-2-1-3-8-18/h1-9,11-16,24H,10,17H2,(H,32,33)/t24-/m1/s1. The van der Waals surface area contributed by atoms with E-state index in [2.05, 4.69) is 52.3 Å². The van der Waals surface area contributed by atoms with Crippen molar-refractivity contribution in [1.29, 1.82) is 0 Å². The summed E-state index contributed by atoms with van der Waals surface area (Å²) < 4.78 is 9.58. The number of rotatable bonds is 6. The highest BCUT2D eigenvalue weighted by atomic mass is 79.9. The zero-order valence-corrected chi connectivity index (χ0v) is 21.1. The summed E-state index contributed by atoms with van der Waals surface area (Å²) in [6.45, 7) is 0. The second-order valence-corrected chi connectivity index (χ2v) is 10.5. The molecule has 0 fully saturated rings. The molecule has 1 atom stereocenters. The molecule has 1 aliphatic rings. The SMILES string of the molecule is O=C(O)[C@@H](Cc1ccccc1)Oc1ccc(-c2c3c(c(Br)c4sc5ccccc5c24)C=CC3)cc1. The zero-order valence-electron chi connectivity index (χ0n) is 18.7. The van der Waals surface area contributed by atoms with Gasteiger partial charge in [0, 0.05) is 26.4 Å². The molecule has 0 amide bonds. The number of carboxylic acid groups (broad SMARTS) is 1. The molecular weight excluding hydrogens is 520 g/mol. The van der Waals surface area contributed by atoms with Crippen molar-refractivity contribution in [2.24, 2.45) is 0 Å². The molecule has 1 heterocycles. The van der Waals surface area contributed by atoms with E-state index < -0.39 is 12.1 Å². The van der Waals surface area contributed by atoms with Crippen LogP contribution in [0.2, 0.25) is 0 Å². The Bertz CT molecular complexity index is 1600. The van der Waals surface area contributed by atoms with Crippen molar-refractivity contribution >= 4 is 59.5 Å². The van der Waals surface area contributed by atoms with Crippen LogP contribution in [0.4, 0.5) is 0 Å². The summed E-state index contributed by atoms with van der Waals surface area (Å²) in [6, 6.07) is 26.0. The van der Waals surface area contributed by atoms with E-state index in [0.29, 0.717) is 12.2 Å². The Labute approximate surface area is 215 Å². The molecule has 6 rings (SSSR count). The minimum absolute atomic E-state index is 0.311. The molecule has 1 aromatic heterocycles. The van der Waals surface area contributed by atoms with Crippen molar-refractivity contribution in [2.75, 3.05) is 0 Å². The fraction of sp³-hybridized carbons (Fsp3) is 0.100. The Balaban J connectivity index is 1.40. The molecule has 5 aromatic rings. The Morgan fingerprint density at radius 2 is 1.74 bits per heavy atom. The summed E-state index contributed by atoms with van der Waals surface area (Å²) in [7, 11) is 0. The van der Waals surface area contributed by atoms with E-state index in [0.717, 1.165) is 22.0 Å². The Morgan fingerprint density at radius 3 is 2.51 bits per heavy atom. The quantitative estimate of drug-likeness (QED) is 0.236. The molecule has 3 nitrogen and oxygen atoms in total. The summed E-state index contributed by atoms with van der Waals surface area (Å²) in [5, 5.41) is 12.2. The van der Waals surface area contributed by atoms with E-state index in [-0.39, 0.29) is 0 Å². The van der Waals surface area contributed by atoms with Gasteiger partial charge in [-0.3, -0.25) is 0 Å². The van der Waals surface area contributed by atoms with Crippen molar-refractivity contribution in [3.05, 3.63) is 106 Å². The van der Waals surface area contributed by atoms with Gasteiger partial charge in [0.15, 0.2) is 6.10 Å². The lowest BCUT2D eigenvalue weighted by atomic mass is 9.91. The van der Waals surface area contributed by atoms with E-state index in [4.69, 9.17) is 4.74 Å². The van der Waals surface area contributed by atoms with Gasteiger partial charge in [0.1, 0.15) is 5.75 Å². The van der Waals surface area contributed by atoms with Crippen molar-refractivity contribution in [1.82, 2.24) is 0 Å². The number of carboxylic acids is 1. The van der Waals surface area contributed by atoms with Crippen LogP contribution in [0.15, 0.2) is 89.4 Å². The number of allylic oxidation sites excluding steroid dienone is 1. The summed E-state index contributed by atoms with van der Waals surface area (Å²) in [4.78, 5) is 11.9. The molecule has 0 saturated carbocycles. The Morgan fingerprint density at radius 1 is 1.00 bits per heavy atom. The topological polar surface area (TPSA) is 46.5 Å². The van der Waals surface area contributed by atoms with E-state index >= 15 is 0 Å². The molecular formula is C30H21BrO3S. The highest BCUT2D eigenvalue weighted by Gasteiger charge is 2.24. The van der Waals surface area contributed by atoms with Gasteiger partial charge in [-0.25, -0.2) is 4.79 Å². The maximum atomic E-state index is 11.9. The molecule has 35 heavy (non-hydrogen) atoms. The first-order valence-electron chi connectivity index (χ1n) is 11.5. The maximum absolute atomic E-state index is 11.9. The number of fused-ring (bicyclic) bond motifs is 4. The lowest BCUT2D eigenvalue weighted by Crippen LogP contribution is -2.29. The molecule has 0 aliphatic heterocycles. The van der Waals surface area contributed by atoms with Crippen LogP contribution in [0.25, 0.3) is 37.4 Å². The van der Waals surface area contributed by atoms with Crippen molar-refractivity contribution < 1.29 is 14.6 Å². The van der Waals surface area contributed by atoms with Crippen LogP contribution >= 0.6 is 27.3 Å². The fourth-order valence-corrected chi connectivity index (χ4v) is 6.83. The third kappa shape index (κ3) is 3.95. The van der Waals surface area contributed by atoms with Gasteiger partial charge in [-0.1, -0.05) is 72.8 Å². The average molecular weight is 541 g/mol. The second kappa shape index (κ2) is 8.99. The van der Waals surface area contributed by atoms with Gasteiger partial charge in [0.2, 0.25) is 0 Å². The second-order valence-electron chi connectivity index (χ2n) is 8.65. The molecule has 0 radical (unpaired) electrons. The molecule has 4 aromatic carbocycles. The van der Waals surface area contributed by atoms with Gasteiger partial charge in [-0.2, -0.15) is 0 Å². The van der Waals surface area contributed by atoms with Crippen molar-refractivity contribution in [3.8, 4) is 16.9 Å². The summed E-state index contributed by atoms with van der Waals surface area (Å²) >= 11 is 5.69. The summed E-state index contributed by atoms with van der Waals surface area (Å²) in [6.07, 6.45) is 4.66. The fourth-order valence-electron chi connectivity index (χ4n) is 4.86. The average Bonchev–Trinajstić information content (AvgIpc) is 3.51. The normalized spacial score (nSPS) is 13.3. The number of hydrogen-bond donors (Lipinski definition) is 1. The molecule has 0 bridgehead atoms. The number of aliphatic carboxylic acids is 1. The van der Waals surface area contributed by atoms with Crippen molar-refractivity contribution in [3.63, 3.8) is 0 Å². The number of carbonyl (C=O) groups is 1. The van der Waals surface area contributed by atoms with Crippen LogP contribution < -0.4 is 4.74 Å².